The monoisotopic (exact) mass is 492 g/mol. The Balaban J connectivity index is 1.53. The fourth-order valence-electron chi connectivity index (χ4n) is 4.47. The first kappa shape index (κ1) is 24.4. The lowest BCUT2D eigenvalue weighted by Crippen LogP contribution is -2.61. The van der Waals surface area contributed by atoms with E-state index in [1.165, 1.54) is 0 Å². The number of carbonyl (C=O) groups is 3. The Labute approximate surface area is 202 Å². The molecule has 3 aliphatic heterocycles. The Morgan fingerprint density at radius 1 is 1.30 bits per heavy atom. The molecule has 5 atom stereocenters. The quantitative estimate of drug-likeness (QED) is 0.502. The van der Waals surface area contributed by atoms with Crippen LogP contribution in [0.1, 0.15) is 37.8 Å². The molecule has 0 aromatic heterocycles. The number of thioether (sulfide) groups is 2. The van der Waals surface area contributed by atoms with Gasteiger partial charge in [0.1, 0.15) is 12.1 Å². The number of hydrogen-bond acceptors (Lipinski definition) is 8. The van der Waals surface area contributed by atoms with Crippen molar-refractivity contribution >= 4 is 41.3 Å². The lowest BCUT2D eigenvalue weighted by molar-refractivity contribution is -0.145. The number of amides is 2. The van der Waals surface area contributed by atoms with Crippen molar-refractivity contribution in [1.29, 1.82) is 0 Å². The normalized spacial score (nSPS) is 28.2. The smallest absolute Gasteiger partial charge is 0.328 e. The molecule has 33 heavy (non-hydrogen) atoms. The van der Waals surface area contributed by atoms with Gasteiger partial charge in [0.15, 0.2) is 0 Å². The van der Waals surface area contributed by atoms with Gasteiger partial charge in [0.25, 0.3) is 0 Å². The van der Waals surface area contributed by atoms with Gasteiger partial charge in [-0.3, -0.25) is 9.59 Å². The van der Waals surface area contributed by atoms with Gasteiger partial charge >= 0.3 is 5.97 Å². The van der Waals surface area contributed by atoms with E-state index in [4.69, 9.17) is 16.2 Å². The molecule has 8 nitrogen and oxygen atoms in total. The van der Waals surface area contributed by atoms with Crippen LogP contribution in [0.15, 0.2) is 24.3 Å². The van der Waals surface area contributed by atoms with Crippen LogP contribution in [-0.4, -0.2) is 68.5 Å². The van der Waals surface area contributed by atoms with Gasteiger partial charge in [-0.1, -0.05) is 24.3 Å². The van der Waals surface area contributed by atoms with Gasteiger partial charge in [-0.05, 0) is 31.4 Å². The Morgan fingerprint density at radius 2 is 2.03 bits per heavy atom. The topological polar surface area (TPSA) is 128 Å². The van der Waals surface area contributed by atoms with Gasteiger partial charge in [0, 0.05) is 35.9 Å². The molecule has 2 amide bonds. The second-order valence-electron chi connectivity index (χ2n) is 9.43. The molecule has 0 saturated carbocycles. The first-order valence-corrected chi connectivity index (χ1v) is 13.2. The largest absolute Gasteiger partial charge is 0.464 e. The molecule has 0 bridgehead atoms. The van der Waals surface area contributed by atoms with Gasteiger partial charge in [0.05, 0.1) is 17.2 Å². The lowest BCUT2D eigenvalue weighted by atomic mass is 9.91. The highest BCUT2D eigenvalue weighted by atomic mass is 32.2. The highest BCUT2D eigenvalue weighted by Crippen LogP contribution is 2.43. The number of fused-ring (bicyclic) bond motifs is 1. The van der Waals surface area contributed by atoms with Gasteiger partial charge in [-0.15, -0.1) is 23.5 Å². The molecule has 180 valence electrons. The Morgan fingerprint density at radius 3 is 2.67 bits per heavy atom. The van der Waals surface area contributed by atoms with E-state index in [-0.39, 0.29) is 17.9 Å². The summed E-state index contributed by atoms with van der Waals surface area (Å²) in [6, 6.07) is 5.77. The van der Waals surface area contributed by atoms with Gasteiger partial charge in [-0.25, -0.2) is 4.79 Å². The third-order valence-corrected chi connectivity index (χ3v) is 9.73. The number of rotatable bonds is 6. The maximum Gasteiger partial charge on any atom is 0.328 e. The van der Waals surface area contributed by atoms with Gasteiger partial charge in [0.2, 0.25) is 11.8 Å². The summed E-state index contributed by atoms with van der Waals surface area (Å²) >= 11 is 3.49. The molecule has 0 radical (unpaired) electrons. The number of carbonyl (C=O) groups excluding carboxylic acids is 3. The molecule has 4 rings (SSSR count). The van der Waals surface area contributed by atoms with Crippen LogP contribution < -0.4 is 16.8 Å². The van der Waals surface area contributed by atoms with Crippen LogP contribution in [0, 0.1) is 0 Å². The molecule has 2 saturated heterocycles. The molecule has 2 fully saturated rings. The van der Waals surface area contributed by atoms with Crippen LogP contribution in [0.3, 0.4) is 0 Å². The number of ether oxygens (including phenoxy) is 1. The predicted molar refractivity (Wildman–Crippen MR) is 130 cm³/mol. The van der Waals surface area contributed by atoms with E-state index < -0.39 is 28.8 Å². The second kappa shape index (κ2) is 9.85. The first-order valence-electron chi connectivity index (χ1n) is 11.3. The Bertz CT molecular complexity index is 927. The van der Waals surface area contributed by atoms with Gasteiger partial charge < -0.3 is 26.4 Å². The van der Waals surface area contributed by atoms with Crippen molar-refractivity contribution in [2.45, 2.75) is 73.2 Å². The van der Waals surface area contributed by atoms with Crippen LogP contribution in [0.4, 0.5) is 0 Å². The third kappa shape index (κ3) is 5.34. The fraction of sp³-hybridized carbons (Fsp3) is 0.609. The minimum Gasteiger partial charge on any atom is -0.464 e. The second-order valence-corrected chi connectivity index (χ2v) is 12.8. The van der Waals surface area contributed by atoms with Gasteiger partial charge in [-0.2, -0.15) is 0 Å². The van der Waals surface area contributed by atoms with E-state index in [9.17, 15) is 14.4 Å². The Kier molecular flexibility index (Phi) is 7.28. The zero-order chi connectivity index (χ0) is 23.8. The fourth-order valence-corrected chi connectivity index (χ4v) is 7.97. The average Bonchev–Trinajstić information content (AvgIpc) is 3.38. The molecule has 1 aromatic rings. The van der Waals surface area contributed by atoms with Crippen LogP contribution in [0.5, 0.6) is 0 Å². The predicted octanol–water partition coefficient (Wildman–Crippen LogP) is 1.00. The number of nitrogens with zero attached hydrogens (tertiary/aromatic N) is 1. The zero-order valence-electron chi connectivity index (χ0n) is 19.0. The molecule has 0 aliphatic carbocycles. The van der Waals surface area contributed by atoms with E-state index in [0.29, 0.717) is 30.6 Å². The summed E-state index contributed by atoms with van der Waals surface area (Å²) in [4.78, 5) is 40.4. The maximum atomic E-state index is 13.7. The summed E-state index contributed by atoms with van der Waals surface area (Å²) < 4.78 is 4.73. The van der Waals surface area contributed by atoms with Crippen molar-refractivity contribution in [2.75, 3.05) is 12.4 Å². The van der Waals surface area contributed by atoms with Crippen molar-refractivity contribution in [3.8, 4) is 0 Å². The summed E-state index contributed by atoms with van der Waals surface area (Å²) in [7, 11) is 0. The molecule has 10 heteroatoms. The first-order chi connectivity index (χ1) is 15.7. The van der Waals surface area contributed by atoms with Crippen molar-refractivity contribution in [2.24, 2.45) is 11.5 Å². The van der Waals surface area contributed by atoms with Crippen LogP contribution >= 0.6 is 23.5 Å². The zero-order valence-corrected chi connectivity index (χ0v) is 20.6. The third-order valence-electron chi connectivity index (χ3n) is 6.53. The van der Waals surface area contributed by atoms with Crippen LogP contribution in [0.2, 0.25) is 0 Å². The minimum absolute atomic E-state index is 0.171. The molecule has 2 unspecified atom stereocenters. The van der Waals surface area contributed by atoms with E-state index >= 15 is 0 Å². The summed E-state index contributed by atoms with van der Waals surface area (Å²) in [6.07, 6.45) is 1.70. The molecular formula is C23H32N4O4S2. The highest BCUT2D eigenvalue weighted by Gasteiger charge is 2.44. The molecular weight excluding hydrogens is 460 g/mol. The molecule has 5 N–H and O–H groups in total. The van der Waals surface area contributed by atoms with E-state index in [2.05, 4.69) is 5.32 Å². The maximum absolute atomic E-state index is 13.7. The number of esters is 1. The SMILES string of the molecule is CC(C)(SC1CC(N)CS1)[C@H](N)C(=O)N1Cc2ccccc2C[C@H]1C(=O)N[C@H]1CCOC1=O. The van der Waals surface area contributed by atoms with E-state index in [1.807, 2.05) is 38.1 Å². The number of nitrogens with two attached hydrogens (primary N) is 2. The molecule has 1 aromatic carbocycles. The summed E-state index contributed by atoms with van der Waals surface area (Å²) in [5.41, 5.74) is 14.6. The number of cyclic esters (lactones) is 1. The highest BCUT2D eigenvalue weighted by molar-refractivity contribution is 8.17. The number of benzene rings is 1. The number of nitrogens with one attached hydrogen (secondary N) is 1. The Hall–Kier alpha value is -1.75. The average molecular weight is 493 g/mol. The number of hydrogen-bond donors (Lipinski definition) is 3. The molecule has 3 heterocycles. The van der Waals surface area contributed by atoms with Crippen molar-refractivity contribution in [1.82, 2.24) is 10.2 Å². The van der Waals surface area contributed by atoms with Crippen molar-refractivity contribution in [3.63, 3.8) is 0 Å². The summed E-state index contributed by atoms with van der Waals surface area (Å²) in [6.45, 7) is 4.55. The van der Waals surface area contributed by atoms with Crippen molar-refractivity contribution < 1.29 is 19.1 Å². The summed E-state index contributed by atoms with van der Waals surface area (Å²) in [5, 5.41) is 2.78. The van der Waals surface area contributed by atoms with Crippen molar-refractivity contribution in [3.05, 3.63) is 35.4 Å². The van der Waals surface area contributed by atoms with Crippen LogP contribution in [-0.2, 0) is 32.1 Å². The lowest BCUT2D eigenvalue weighted by Gasteiger charge is -2.41. The van der Waals surface area contributed by atoms with E-state index in [1.54, 1.807) is 28.4 Å². The molecule has 3 aliphatic rings. The minimum atomic E-state index is -0.795. The molecule has 0 spiro atoms. The standard InChI is InChI=1S/C23H32N4O4S2/c1-23(2,33-18-10-15(24)12-32-18)19(25)21(29)27-11-14-6-4-3-5-13(14)9-17(27)20(28)26-16-7-8-31-22(16)30/h3-6,15-19H,7-12,24-25H2,1-2H3,(H,26,28)/t15?,16-,17-,18?,19+/m0/s1. The summed E-state index contributed by atoms with van der Waals surface area (Å²) in [5.74, 6) is -0.134. The van der Waals surface area contributed by atoms with Crippen LogP contribution in [0.25, 0.3) is 0 Å². The van der Waals surface area contributed by atoms with E-state index in [0.717, 1.165) is 23.3 Å².